The first-order valence-corrected chi connectivity index (χ1v) is 1.19. The van der Waals surface area contributed by atoms with Gasteiger partial charge in [0, 0.05) is 2.85 Å². The Labute approximate surface area is 39.8 Å². The molecule has 0 nitrogen and oxygen atoms in total. The van der Waals surface area contributed by atoms with Crippen molar-refractivity contribution in [2.45, 2.75) is 0 Å². The number of hydrogen-bond donors (Lipinski definition) is 0. The van der Waals surface area contributed by atoms with Gasteiger partial charge in [0.1, 0.15) is 0 Å². The van der Waals surface area contributed by atoms with Gasteiger partial charge in [-0.05, 0) is 0 Å². The van der Waals surface area contributed by atoms with E-state index in [1.807, 2.05) is 0 Å². The summed E-state index contributed by atoms with van der Waals surface area (Å²) in [6, 6.07) is 0. The monoisotopic (exact) mass is 102 g/mol. The zero-order chi connectivity index (χ0) is 2.00. The fourth-order valence-corrected chi connectivity index (χ4v) is 0. The van der Waals surface area contributed by atoms with Crippen molar-refractivity contribution in [3.8, 4) is 0 Å². The molecule has 0 aromatic carbocycles. The summed E-state index contributed by atoms with van der Waals surface area (Å²) in [6.07, 6.45) is 0. The van der Waals surface area contributed by atoms with E-state index in [2.05, 4.69) is 21.2 Å². The van der Waals surface area contributed by atoms with Crippen molar-refractivity contribution in [3.05, 3.63) is 14.9 Å². The molecular formula is C3H12Cr-2. The minimum atomic E-state index is 0. The molecule has 0 aliphatic carbocycles. The van der Waals surface area contributed by atoms with E-state index in [0.717, 1.165) is 0 Å². The smallest absolute Gasteiger partial charge is 0.358 e. The predicted octanol–water partition coefficient (Wildman–Crippen LogP) is 1.36. The molecule has 0 atom stereocenters. The molecule has 0 N–H and O–H groups in total. The zero-order valence-corrected chi connectivity index (χ0v) is 4.39. The van der Waals surface area contributed by atoms with Crippen LogP contribution in [-0.4, -0.2) is 5.39 Å². The van der Waals surface area contributed by atoms with E-state index in [-0.39, 0.29) is 17.7 Å². The largest absolute Gasteiger partial charge is 0.358 e. The molecule has 0 radical (unpaired) electrons. The van der Waals surface area contributed by atoms with Crippen molar-refractivity contribution in [2.24, 2.45) is 0 Å². The van der Waals surface area contributed by atoms with Gasteiger partial charge >= 0.3 is 21.2 Å². The van der Waals surface area contributed by atoms with E-state index in [9.17, 15) is 0 Å². The van der Waals surface area contributed by atoms with Crippen molar-refractivity contribution in [2.75, 3.05) is 0 Å². The SMILES string of the molecule is [2HH].[2HH].[CH2]=[Cr].[CH3-].[CH3-]. The molecule has 0 spiro atoms. The normalized spacial score (nSPS) is 1.00. The summed E-state index contributed by atoms with van der Waals surface area (Å²) in [6.45, 7) is 0. The molecule has 0 aromatic heterocycles. The first kappa shape index (κ1) is 25.9. The van der Waals surface area contributed by atoms with Crippen LogP contribution in [0.15, 0.2) is 0 Å². The summed E-state index contributed by atoms with van der Waals surface area (Å²) >= 11 is 2.38. The van der Waals surface area contributed by atoms with Crippen LogP contribution in [0, 0.1) is 14.9 Å². The van der Waals surface area contributed by atoms with E-state index in [1.165, 1.54) is 0 Å². The molecule has 0 aliphatic rings. The fourth-order valence-electron chi connectivity index (χ4n) is 0. The number of hydrogen-bond acceptors (Lipinski definition) is 0. The van der Waals surface area contributed by atoms with Crippen LogP contribution in [0.3, 0.4) is 0 Å². The molecule has 0 bridgehead atoms. The minimum Gasteiger partial charge on any atom is -0.358 e. The Bertz CT molecular complexity index is 8.75. The maximum Gasteiger partial charge on any atom is -0.358 e. The van der Waals surface area contributed by atoms with Crippen LogP contribution in [0.5, 0.6) is 0 Å². The van der Waals surface area contributed by atoms with Crippen molar-refractivity contribution in [3.63, 3.8) is 0 Å². The molecule has 0 saturated heterocycles. The first-order chi connectivity index (χ1) is 1.00. The van der Waals surface area contributed by atoms with Crippen LogP contribution >= 0.6 is 0 Å². The molecule has 32 valence electrons. The summed E-state index contributed by atoms with van der Waals surface area (Å²) in [4.78, 5) is 0. The topological polar surface area (TPSA) is 0 Å². The van der Waals surface area contributed by atoms with Crippen LogP contribution in [-0.2, 0) is 15.9 Å². The zero-order valence-electron chi connectivity index (χ0n) is 3.12. The summed E-state index contributed by atoms with van der Waals surface area (Å²) in [5.41, 5.74) is 0. The Morgan fingerprint density at radius 3 is 1.25 bits per heavy atom. The van der Waals surface area contributed by atoms with Gasteiger partial charge in [-0.15, -0.1) is 0 Å². The van der Waals surface area contributed by atoms with Gasteiger partial charge < -0.3 is 14.9 Å². The molecule has 0 saturated carbocycles. The van der Waals surface area contributed by atoms with Gasteiger partial charge in [0.25, 0.3) is 0 Å². The van der Waals surface area contributed by atoms with Crippen LogP contribution in [0.1, 0.15) is 2.85 Å². The van der Waals surface area contributed by atoms with Gasteiger partial charge in [0.2, 0.25) is 0 Å². The molecule has 1 heteroatoms. The predicted molar refractivity (Wildman–Crippen MR) is 24.2 cm³/mol. The van der Waals surface area contributed by atoms with Crippen molar-refractivity contribution in [1.29, 1.82) is 0 Å². The molecular weight excluding hydrogens is 88.0 g/mol. The average molecular weight is 102 g/mol. The van der Waals surface area contributed by atoms with Gasteiger partial charge in [0.15, 0.2) is 0 Å². The van der Waals surface area contributed by atoms with E-state index in [0.29, 0.717) is 0 Å². The third-order valence-electron chi connectivity index (χ3n) is 0. The Hall–Kier alpha value is 0.402. The van der Waals surface area contributed by atoms with E-state index >= 15 is 0 Å². The second-order valence-electron chi connectivity index (χ2n) is 0. The molecule has 0 amide bonds. The standard InChI is InChI=1S/2CH3.CH2.Cr.2H2/h2*1H3;1H2;;2*1H/q2*-1;;;;/i;;;;2*1+1. The van der Waals surface area contributed by atoms with E-state index in [1.54, 1.807) is 0 Å². The van der Waals surface area contributed by atoms with Gasteiger partial charge in [0.05, 0.1) is 0 Å². The van der Waals surface area contributed by atoms with Crippen LogP contribution in [0.4, 0.5) is 0 Å². The van der Waals surface area contributed by atoms with Gasteiger partial charge in [-0.1, -0.05) is 0 Å². The molecule has 0 aromatic rings. The fraction of sp³-hybridized carbons (Fsp3) is 0. The second kappa shape index (κ2) is 121. The Kier molecular flexibility index (Phi) is 785. The van der Waals surface area contributed by atoms with E-state index in [4.69, 9.17) is 0 Å². The Morgan fingerprint density at radius 1 is 1.25 bits per heavy atom. The van der Waals surface area contributed by atoms with E-state index < -0.39 is 0 Å². The van der Waals surface area contributed by atoms with Crippen LogP contribution < -0.4 is 0 Å². The maximum atomic E-state index is 3.12. The summed E-state index contributed by atoms with van der Waals surface area (Å²) < 4.78 is 0. The maximum absolute atomic E-state index is 3.12. The molecule has 0 aliphatic heterocycles. The third kappa shape index (κ3) is 29.2. The molecule has 0 heterocycles. The van der Waals surface area contributed by atoms with Crippen molar-refractivity contribution in [1.82, 2.24) is 0 Å². The van der Waals surface area contributed by atoms with Gasteiger partial charge in [-0.3, -0.25) is 0 Å². The van der Waals surface area contributed by atoms with Gasteiger partial charge in [-0.25, -0.2) is 0 Å². The summed E-state index contributed by atoms with van der Waals surface area (Å²) in [7, 11) is 0. The van der Waals surface area contributed by atoms with Crippen LogP contribution in [0.25, 0.3) is 0 Å². The van der Waals surface area contributed by atoms with Gasteiger partial charge in [-0.2, -0.15) is 0 Å². The van der Waals surface area contributed by atoms with Crippen molar-refractivity contribution >= 4 is 5.39 Å². The average Bonchev–Trinajstić information content (AvgIpc) is 1.00. The van der Waals surface area contributed by atoms with Crippen LogP contribution in [0.2, 0.25) is 0 Å². The number of rotatable bonds is 0. The second-order valence-corrected chi connectivity index (χ2v) is 0. The molecule has 0 fully saturated rings. The minimum absolute atomic E-state index is 0. The summed E-state index contributed by atoms with van der Waals surface area (Å²) in [5, 5.41) is 3.12. The Balaban J connectivity index is -0.000000000833. The quantitative estimate of drug-likeness (QED) is 0.405. The third-order valence-corrected chi connectivity index (χ3v) is 0. The first-order valence-electron chi connectivity index (χ1n) is 0.289. The Morgan fingerprint density at radius 2 is 1.25 bits per heavy atom. The molecule has 0 unspecified atom stereocenters. The summed E-state index contributed by atoms with van der Waals surface area (Å²) in [5.74, 6) is 0. The molecule has 0 rings (SSSR count). The van der Waals surface area contributed by atoms with Crippen molar-refractivity contribution < 1.29 is 18.7 Å². The molecule has 4 heavy (non-hydrogen) atoms.